The van der Waals surface area contributed by atoms with Gasteiger partial charge in [-0.15, -0.1) is 11.3 Å². The van der Waals surface area contributed by atoms with E-state index >= 15 is 0 Å². The molecule has 0 aliphatic rings. The molecule has 150 valence electrons. The molecule has 2 aromatic carbocycles. The fraction of sp³-hybridized carbons (Fsp3) is 0.217. The smallest absolute Gasteiger partial charge is 0.258 e. The van der Waals surface area contributed by atoms with Crippen molar-refractivity contribution in [2.24, 2.45) is 0 Å². The fourth-order valence-corrected chi connectivity index (χ4v) is 3.61. The number of thiophene rings is 1. The number of aldehydes is 1. The topological polar surface area (TPSA) is 64.6 Å². The lowest BCUT2D eigenvalue weighted by atomic mass is 10.1. The lowest BCUT2D eigenvalue weighted by Gasteiger charge is -2.18. The standard InChI is InChI=1S/C23H23NO4S/c1-2-12-27-19-11-10-18(15-25)20(14-19)28-16-22(26)24-23(21-9-6-13-29-21)17-7-4-3-5-8-17/h3-11,13-15,23H,2,12,16H2,1H3,(H,24,26)/t23-/m0/s1. The van der Waals surface area contributed by atoms with Crippen molar-refractivity contribution in [1.82, 2.24) is 5.32 Å². The van der Waals surface area contributed by atoms with Crippen molar-refractivity contribution in [2.45, 2.75) is 19.4 Å². The van der Waals surface area contributed by atoms with Crippen LogP contribution in [-0.4, -0.2) is 25.4 Å². The van der Waals surface area contributed by atoms with Gasteiger partial charge >= 0.3 is 0 Å². The molecule has 1 amide bonds. The molecule has 0 bridgehead atoms. The Morgan fingerprint density at radius 1 is 1.10 bits per heavy atom. The van der Waals surface area contributed by atoms with Crippen molar-refractivity contribution >= 4 is 23.5 Å². The van der Waals surface area contributed by atoms with E-state index in [2.05, 4.69) is 5.32 Å². The van der Waals surface area contributed by atoms with Crippen molar-refractivity contribution in [3.05, 3.63) is 82.0 Å². The van der Waals surface area contributed by atoms with Crippen LogP contribution in [0.5, 0.6) is 11.5 Å². The maximum absolute atomic E-state index is 12.6. The minimum atomic E-state index is -0.274. The molecular formula is C23H23NO4S. The molecule has 1 N–H and O–H groups in total. The lowest BCUT2D eigenvalue weighted by Crippen LogP contribution is -2.33. The molecular weight excluding hydrogens is 386 g/mol. The Morgan fingerprint density at radius 2 is 1.93 bits per heavy atom. The fourth-order valence-electron chi connectivity index (χ4n) is 2.81. The van der Waals surface area contributed by atoms with Gasteiger partial charge in [-0.3, -0.25) is 9.59 Å². The van der Waals surface area contributed by atoms with Crippen molar-refractivity contribution in [1.29, 1.82) is 0 Å². The predicted octanol–water partition coefficient (Wildman–Crippen LogP) is 4.63. The summed E-state index contributed by atoms with van der Waals surface area (Å²) in [6.45, 7) is 2.38. The highest BCUT2D eigenvalue weighted by Gasteiger charge is 2.18. The monoisotopic (exact) mass is 409 g/mol. The third kappa shape index (κ3) is 5.68. The Labute approximate surface area is 174 Å². The van der Waals surface area contributed by atoms with Crippen LogP contribution in [-0.2, 0) is 4.79 Å². The highest BCUT2D eigenvalue weighted by Crippen LogP contribution is 2.26. The Hall–Kier alpha value is -3.12. The summed E-state index contributed by atoms with van der Waals surface area (Å²) in [7, 11) is 0. The zero-order valence-electron chi connectivity index (χ0n) is 16.2. The van der Waals surface area contributed by atoms with Crippen LogP contribution in [0.25, 0.3) is 0 Å². The van der Waals surface area contributed by atoms with Crippen molar-refractivity contribution in [3.8, 4) is 11.5 Å². The second-order valence-electron chi connectivity index (χ2n) is 6.38. The zero-order chi connectivity index (χ0) is 20.5. The number of amides is 1. The SMILES string of the molecule is CCCOc1ccc(C=O)c(OCC(=O)N[C@@H](c2ccccc2)c2cccs2)c1. The van der Waals surface area contributed by atoms with Crippen LogP contribution in [0.3, 0.4) is 0 Å². The summed E-state index contributed by atoms with van der Waals surface area (Å²) >= 11 is 1.58. The van der Waals surface area contributed by atoms with Gasteiger partial charge in [-0.1, -0.05) is 43.3 Å². The first-order valence-corrected chi connectivity index (χ1v) is 10.3. The van der Waals surface area contributed by atoms with Gasteiger partial charge in [0.25, 0.3) is 5.91 Å². The average Bonchev–Trinajstić information content (AvgIpc) is 3.29. The Morgan fingerprint density at radius 3 is 2.62 bits per heavy atom. The van der Waals surface area contributed by atoms with Crippen LogP contribution in [0.1, 0.15) is 40.2 Å². The van der Waals surface area contributed by atoms with Crippen LogP contribution in [0.2, 0.25) is 0 Å². The second-order valence-corrected chi connectivity index (χ2v) is 7.36. The molecule has 6 heteroatoms. The van der Waals surface area contributed by atoms with Crippen LogP contribution in [0, 0.1) is 0 Å². The van der Waals surface area contributed by atoms with Gasteiger partial charge in [0.15, 0.2) is 12.9 Å². The summed E-state index contributed by atoms with van der Waals surface area (Å²) in [6.07, 6.45) is 1.58. The van der Waals surface area contributed by atoms with E-state index in [0.717, 1.165) is 16.9 Å². The van der Waals surface area contributed by atoms with E-state index in [1.54, 1.807) is 29.5 Å². The highest BCUT2D eigenvalue weighted by molar-refractivity contribution is 7.10. The van der Waals surface area contributed by atoms with Gasteiger partial charge in [0.2, 0.25) is 0 Å². The molecule has 0 aliphatic heterocycles. The maximum Gasteiger partial charge on any atom is 0.258 e. The molecule has 0 saturated carbocycles. The number of hydrogen-bond donors (Lipinski definition) is 1. The number of carbonyl (C=O) groups excluding carboxylic acids is 2. The van der Waals surface area contributed by atoms with Crippen molar-refractivity contribution in [3.63, 3.8) is 0 Å². The summed E-state index contributed by atoms with van der Waals surface area (Å²) in [4.78, 5) is 24.9. The van der Waals surface area contributed by atoms with E-state index in [9.17, 15) is 9.59 Å². The highest BCUT2D eigenvalue weighted by atomic mass is 32.1. The summed E-state index contributed by atoms with van der Waals surface area (Å²) in [5.41, 5.74) is 1.37. The predicted molar refractivity (Wildman–Crippen MR) is 114 cm³/mol. The van der Waals surface area contributed by atoms with E-state index in [1.165, 1.54) is 0 Å². The summed E-state index contributed by atoms with van der Waals surface area (Å²) < 4.78 is 11.2. The largest absolute Gasteiger partial charge is 0.493 e. The van der Waals surface area contributed by atoms with E-state index < -0.39 is 0 Å². The number of ether oxygens (including phenoxy) is 2. The molecule has 0 aliphatic carbocycles. The van der Waals surface area contributed by atoms with E-state index in [0.29, 0.717) is 30.0 Å². The minimum Gasteiger partial charge on any atom is -0.493 e. The van der Waals surface area contributed by atoms with E-state index in [4.69, 9.17) is 9.47 Å². The molecule has 1 heterocycles. The lowest BCUT2D eigenvalue weighted by molar-refractivity contribution is -0.123. The molecule has 1 atom stereocenters. The molecule has 5 nitrogen and oxygen atoms in total. The van der Waals surface area contributed by atoms with Crippen molar-refractivity contribution < 1.29 is 19.1 Å². The molecule has 0 saturated heterocycles. The first-order chi connectivity index (χ1) is 14.2. The van der Waals surface area contributed by atoms with E-state index in [-0.39, 0.29) is 18.6 Å². The van der Waals surface area contributed by atoms with E-state index in [1.807, 2.05) is 54.8 Å². The molecule has 3 rings (SSSR count). The van der Waals surface area contributed by atoms with Gasteiger partial charge in [0.05, 0.1) is 18.2 Å². The number of rotatable bonds is 10. The zero-order valence-corrected chi connectivity index (χ0v) is 17.0. The third-order valence-electron chi connectivity index (χ3n) is 4.21. The van der Waals surface area contributed by atoms with Gasteiger partial charge in [-0.05, 0) is 35.6 Å². The van der Waals surface area contributed by atoms with Gasteiger partial charge in [0.1, 0.15) is 11.5 Å². The Kier molecular flexibility index (Phi) is 7.41. The van der Waals surface area contributed by atoms with Gasteiger partial charge < -0.3 is 14.8 Å². The van der Waals surface area contributed by atoms with Crippen molar-refractivity contribution in [2.75, 3.05) is 13.2 Å². The number of benzene rings is 2. The van der Waals surface area contributed by atoms with Gasteiger partial charge in [-0.25, -0.2) is 0 Å². The number of carbonyl (C=O) groups is 2. The normalized spacial score (nSPS) is 11.5. The Balaban J connectivity index is 1.69. The average molecular weight is 410 g/mol. The molecule has 0 fully saturated rings. The molecule has 0 unspecified atom stereocenters. The molecule has 1 aromatic heterocycles. The van der Waals surface area contributed by atoms with Crippen LogP contribution in [0.15, 0.2) is 66.0 Å². The van der Waals surface area contributed by atoms with Crippen LogP contribution < -0.4 is 14.8 Å². The summed E-state index contributed by atoms with van der Waals surface area (Å²) in [5.74, 6) is 0.661. The number of nitrogens with one attached hydrogen (secondary N) is 1. The first kappa shape index (κ1) is 20.6. The van der Waals surface area contributed by atoms with Crippen LogP contribution >= 0.6 is 11.3 Å². The van der Waals surface area contributed by atoms with Gasteiger partial charge in [0, 0.05) is 10.9 Å². The summed E-state index contributed by atoms with van der Waals surface area (Å²) in [5, 5.41) is 5.00. The third-order valence-corrected chi connectivity index (χ3v) is 5.15. The minimum absolute atomic E-state index is 0.202. The molecule has 0 radical (unpaired) electrons. The molecule has 29 heavy (non-hydrogen) atoms. The maximum atomic E-state index is 12.6. The second kappa shape index (κ2) is 10.4. The molecule has 0 spiro atoms. The van der Waals surface area contributed by atoms with Gasteiger partial charge in [-0.2, -0.15) is 0 Å². The number of hydrogen-bond acceptors (Lipinski definition) is 5. The molecule has 3 aromatic rings. The Bertz CT molecular complexity index is 925. The first-order valence-electron chi connectivity index (χ1n) is 9.43. The van der Waals surface area contributed by atoms with Crippen LogP contribution in [0.4, 0.5) is 0 Å². The summed E-state index contributed by atoms with van der Waals surface area (Å²) in [6, 6.07) is 18.5. The quantitative estimate of drug-likeness (QED) is 0.496.